The Labute approximate surface area is 126 Å². The predicted octanol–water partition coefficient (Wildman–Crippen LogP) is 4.14. The average Bonchev–Trinajstić information content (AvgIpc) is 2.45. The van der Waals surface area contributed by atoms with Crippen LogP contribution in [0.5, 0.6) is 0 Å². The fourth-order valence-electron chi connectivity index (χ4n) is 2.02. The van der Waals surface area contributed by atoms with E-state index in [1.165, 1.54) is 0 Å². The number of carbonyl (C=O) groups is 1. The minimum absolute atomic E-state index is 0.0578. The van der Waals surface area contributed by atoms with Crippen molar-refractivity contribution in [3.63, 3.8) is 0 Å². The zero-order valence-electron chi connectivity index (χ0n) is 12.8. The van der Waals surface area contributed by atoms with E-state index in [1.807, 2.05) is 87.5 Å². The molecule has 0 saturated heterocycles. The fraction of sp³-hybridized carbons (Fsp3) is 0.211. The number of rotatable bonds is 3. The van der Waals surface area contributed by atoms with Crippen molar-refractivity contribution >= 4 is 17.6 Å². The van der Waals surface area contributed by atoms with Gasteiger partial charge in [-0.3, -0.25) is 4.79 Å². The summed E-state index contributed by atoms with van der Waals surface area (Å²) in [6.07, 6.45) is 1.93. The van der Waals surface area contributed by atoms with E-state index >= 15 is 0 Å². The maximum Gasteiger partial charge on any atom is 0.252 e. The molecule has 0 aliphatic carbocycles. The quantitative estimate of drug-likeness (QED) is 0.664. The molecule has 0 fully saturated rings. The van der Waals surface area contributed by atoms with Crippen LogP contribution < -0.4 is 5.32 Å². The molecule has 0 bridgehead atoms. The van der Waals surface area contributed by atoms with Crippen LogP contribution in [0.3, 0.4) is 0 Å². The van der Waals surface area contributed by atoms with Gasteiger partial charge in [-0.25, -0.2) is 0 Å². The van der Waals surface area contributed by atoms with Gasteiger partial charge in [0.15, 0.2) is 0 Å². The molecule has 21 heavy (non-hydrogen) atoms. The highest BCUT2D eigenvalue weighted by atomic mass is 16.1. The lowest BCUT2D eigenvalue weighted by Gasteiger charge is -2.21. The van der Waals surface area contributed by atoms with Gasteiger partial charge in [-0.2, -0.15) is 0 Å². The average molecular weight is 279 g/mol. The summed E-state index contributed by atoms with van der Waals surface area (Å²) in [5.41, 5.74) is 2.35. The number of hydrogen-bond acceptors (Lipinski definition) is 1. The highest BCUT2D eigenvalue weighted by Gasteiger charge is 2.18. The summed E-state index contributed by atoms with van der Waals surface area (Å²) in [4.78, 5) is 12.6. The topological polar surface area (TPSA) is 29.1 Å². The van der Waals surface area contributed by atoms with Crippen molar-refractivity contribution in [3.05, 3.63) is 71.8 Å². The molecular weight excluding hydrogens is 258 g/mol. The van der Waals surface area contributed by atoms with Crippen LogP contribution in [-0.4, -0.2) is 11.4 Å². The van der Waals surface area contributed by atoms with E-state index in [4.69, 9.17) is 0 Å². The molecule has 2 nitrogen and oxygen atoms in total. The predicted molar refractivity (Wildman–Crippen MR) is 88.7 cm³/mol. The van der Waals surface area contributed by atoms with E-state index in [1.54, 1.807) is 0 Å². The first-order valence-corrected chi connectivity index (χ1v) is 7.10. The number of amides is 1. The minimum Gasteiger partial charge on any atom is -0.347 e. The zero-order chi connectivity index (χ0) is 15.3. The van der Waals surface area contributed by atoms with Crippen LogP contribution in [0.4, 0.5) is 0 Å². The van der Waals surface area contributed by atoms with Gasteiger partial charge in [0.2, 0.25) is 0 Å². The Kier molecular flexibility index (Phi) is 4.59. The second-order valence-corrected chi connectivity index (χ2v) is 6.04. The summed E-state index contributed by atoms with van der Waals surface area (Å²) < 4.78 is 0. The third kappa shape index (κ3) is 4.60. The number of nitrogens with one attached hydrogen (secondary N) is 1. The van der Waals surface area contributed by atoms with Gasteiger partial charge < -0.3 is 5.32 Å². The van der Waals surface area contributed by atoms with Crippen molar-refractivity contribution in [2.75, 3.05) is 0 Å². The molecule has 0 heterocycles. The van der Waals surface area contributed by atoms with Gasteiger partial charge in [0.1, 0.15) is 0 Å². The van der Waals surface area contributed by atoms with Crippen LogP contribution in [0.2, 0.25) is 0 Å². The Balaban J connectivity index is 2.41. The van der Waals surface area contributed by atoms with Crippen molar-refractivity contribution in [1.82, 2.24) is 5.32 Å². The molecule has 2 aromatic rings. The fourth-order valence-corrected chi connectivity index (χ4v) is 2.02. The van der Waals surface area contributed by atoms with Gasteiger partial charge in [0, 0.05) is 11.1 Å². The van der Waals surface area contributed by atoms with Gasteiger partial charge in [-0.05, 0) is 38.0 Å². The third-order valence-electron chi connectivity index (χ3n) is 2.93. The van der Waals surface area contributed by atoms with E-state index < -0.39 is 0 Å². The molecular formula is C19H21NO. The standard InChI is InChI=1S/C19H21NO/c1-19(2,3)20-18(21)17(16-12-8-5-9-13-16)14-15-10-6-4-7-11-15/h4-14H,1-3H3,(H,20,21)/b17-14-. The summed E-state index contributed by atoms with van der Waals surface area (Å²) in [5, 5.41) is 3.03. The largest absolute Gasteiger partial charge is 0.347 e. The van der Waals surface area contributed by atoms with Gasteiger partial charge in [0.05, 0.1) is 0 Å². The highest BCUT2D eigenvalue weighted by molar-refractivity contribution is 6.24. The molecule has 2 heteroatoms. The zero-order valence-corrected chi connectivity index (χ0v) is 12.8. The molecule has 0 atom stereocenters. The number of carbonyl (C=O) groups excluding carboxylic acids is 1. The second-order valence-electron chi connectivity index (χ2n) is 6.04. The molecule has 0 aromatic heterocycles. The molecule has 2 aromatic carbocycles. The lowest BCUT2D eigenvalue weighted by Crippen LogP contribution is -2.40. The maximum atomic E-state index is 12.6. The lowest BCUT2D eigenvalue weighted by atomic mass is 10.00. The third-order valence-corrected chi connectivity index (χ3v) is 2.93. The van der Waals surface area contributed by atoms with E-state index in [0.29, 0.717) is 5.57 Å². The Morgan fingerprint density at radius 1 is 0.905 bits per heavy atom. The van der Waals surface area contributed by atoms with E-state index in [0.717, 1.165) is 11.1 Å². The van der Waals surface area contributed by atoms with Gasteiger partial charge in [0.25, 0.3) is 5.91 Å². The SMILES string of the molecule is CC(C)(C)NC(=O)/C(=C\c1ccccc1)c1ccccc1. The Hall–Kier alpha value is -2.35. The van der Waals surface area contributed by atoms with Gasteiger partial charge in [-0.15, -0.1) is 0 Å². The molecule has 108 valence electrons. The van der Waals surface area contributed by atoms with Gasteiger partial charge in [-0.1, -0.05) is 60.7 Å². The molecule has 0 spiro atoms. The first kappa shape index (κ1) is 15.0. The van der Waals surface area contributed by atoms with Crippen LogP contribution in [-0.2, 0) is 4.79 Å². The summed E-state index contributed by atoms with van der Waals surface area (Å²) in [7, 11) is 0. The summed E-state index contributed by atoms with van der Waals surface area (Å²) in [6, 6.07) is 19.6. The van der Waals surface area contributed by atoms with Crippen LogP contribution in [0.1, 0.15) is 31.9 Å². The Morgan fingerprint density at radius 3 is 1.95 bits per heavy atom. The summed E-state index contributed by atoms with van der Waals surface area (Å²) in [5.74, 6) is -0.0578. The van der Waals surface area contributed by atoms with E-state index in [2.05, 4.69) is 5.32 Å². The first-order chi connectivity index (χ1) is 9.96. The van der Waals surface area contributed by atoms with Crippen molar-refractivity contribution < 1.29 is 4.79 Å². The highest BCUT2D eigenvalue weighted by Crippen LogP contribution is 2.19. The maximum absolute atomic E-state index is 12.6. The molecule has 2 rings (SSSR count). The summed E-state index contributed by atoms with van der Waals surface area (Å²) in [6.45, 7) is 5.95. The molecule has 0 saturated carbocycles. The molecule has 1 amide bonds. The van der Waals surface area contributed by atoms with Crippen molar-refractivity contribution in [2.45, 2.75) is 26.3 Å². The minimum atomic E-state index is -0.262. The van der Waals surface area contributed by atoms with Crippen molar-refractivity contribution in [1.29, 1.82) is 0 Å². The smallest absolute Gasteiger partial charge is 0.252 e. The second kappa shape index (κ2) is 6.40. The monoisotopic (exact) mass is 279 g/mol. The normalized spacial score (nSPS) is 12.0. The summed E-state index contributed by atoms with van der Waals surface area (Å²) >= 11 is 0. The van der Waals surface area contributed by atoms with E-state index in [9.17, 15) is 4.79 Å². The molecule has 0 aliphatic rings. The Morgan fingerprint density at radius 2 is 1.43 bits per heavy atom. The van der Waals surface area contributed by atoms with Crippen molar-refractivity contribution in [3.8, 4) is 0 Å². The van der Waals surface area contributed by atoms with Crippen molar-refractivity contribution in [2.24, 2.45) is 0 Å². The van der Waals surface area contributed by atoms with Crippen LogP contribution >= 0.6 is 0 Å². The first-order valence-electron chi connectivity index (χ1n) is 7.10. The van der Waals surface area contributed by atoms with Crippen LogP contribution in [0, 0.1) is 0 Å². The molecule has 1 N–H and O–H groups in total. The van der Waals surface area contributed by atoms with Gasteiger partial charge >= 0.3 is 0 Å². The number of hydrogen-bond donors (Lipinski definition) is 1. The molecule has 0 aliphatic heterocycles. The number of benzene rings is 2. The molecule has 0 radical (unpaired) electrons. The van der Waals surface area contributed by atoms with Crippen LogP contribution in [0.25, 0.3) is 11.6 Å². The van der Waals surface area contributed by atoms with Crippen LogP contribution in [0.15, 0.2) is 60.7 Å². The van der Waals surface area contributed by atoms with E-state index in [-0.39, 0.29) is 11.4 Å². The lowest BCUT2D eigenvalue weighted by molar-refractivity contribution is -0.116. The molecule has 0 unspecified atom stereocenters. The Bertz CT molecular complexity index is 622.